The van der Waals surface area contributed by atoms with Crippen molar-refractivity contribution < 1.29 is 130 Å². The van der Waals surface area contributed by atoms with Gasteiger partial charge in [0.2, 0.25) is 23.6 Å². The molecular formula is C55H63F12N11O16S2. The van der Waals surface area contributed by atoms with E-state index in [0.29, 0.717) is 51.9 Å². The van der Waals surface area contributed by atoms with Crippen LogP contribution in [0.2, 0.25) is 0 Å². The monoisotopic (exact) mass is 1430 g/mol. The van der Waals surface area contributed by atoms with Gasteiger partial charge in [0.25, 0.3) is 5.91 Å². The number of fused-ring (bicyclic) bond motifs is 5. The Balaban J connectivity index is 0.00000136. The summed E-state index contributed by atoms with van der Waals surface area (Å²) < 4.78 is 144. The third kappa shape index (κ3) is 29.6. The second-order valence-electron chi connectivity index (χ2n) is 18.9. The van der Waals surface area contributed by atoms with E-state index in [1.165, 1.54) is 25.1 Å². The topological polar surface area (TPSA) is 441 Å². The number of nitrogens with one attached hydrogen (secondary N) is 4. The van der Waals surface area contributed by atoms with Crippen LogP contribution in [0.15, 0.2) is 66.9 Å². The predicted octanol–water partition coefficient (Wildman–Crippen LogP) is 4.69. The Bertz CT molecular complexity index is 3230. The normalized spacial score (nSPS) is 14.8. The highest BCUT2D eigenvalue weighted by Gasteiger charge is 2.41. The average molecular weight is 1430 g/mol. The lowest BCUT2D eigenvalue weighted by Crippen LogP contribution is -2.56. The van der Waals surface area contributed by atoms with Gasteiger partial charge in [0.05, 0.1) is 23.9 Å². The number of nitrogens with two attached hydrogens (primary N) is 3. The van der Waals surface area contributed by atoms with Crippen LogP contribution < -0.4 is 47.9 Å². The van der Waals surface area contributed by atoms with E-state index < -0.39 is 102 Å². The first kappa shape index (κ1) is 84.8. The van der Waals surface area contributed by atoms with Crippen LogP contribution in [0.25, 0.3) is 22.5 Å². The number of alkyl halides is 12. The second kappa shape index (κ2) is 40.2. The Morgan fingerprint density at radius 2 is 1.23 bits per heavy atom. The van der Waals surface area contributed by atoms with E-state index in [0.717, 1.165) is 22.6 Å². The van der Waals surface area contributed by atoms with Gasteiger partial charge in [0.15, 0.2) is 5.82 Å². The van der Waals surface area contributed by atoms with Gasteiger partial charge in [0, 0.05) is 68.1 Å². The molecule has 5 amide bonds. The first-order valence-electron chi connectivity index (χ1n) is 26.9. The SMILES string of the molecule is COCCSSCc1ccc(-c2ncc(C(=O)N[C@@H](CCN)C(=O)N(C)[C@@H]3C(=O)N[C@@H](C)C(=O)N[C@H](C(=O)NCC#N)Cc4ccc(OCCN)c(c4)-c4cc3ccc4OCCN)c(C)n2)cc1.O=C(O)C(F)(F)F.O=C(O)C(F)(F)F.O=C(O)C(F)(F)F.O=C(O)C(F)(F)F. The van der Waals surface area contributed by atoms with E-state index in [9.17, 15) is 76.7 Å². The van der Waals surface area contributed by atoms with Gasteiger partial charge in [0.1, 0.15) is 55.4 Å². The third-order valence-corrected chi connectivity index (χ3v) is 14.0. The van der Waals surface area contributed by atoms with E-state index in [4.69, 9.17) is 76.3 Å². The molecule has 27 nitrogen and oxygen atoms in total. The number of aromatic nitrogens is 2. The van der Waals surface area contributed by atoms with Crippen molar-refractivity contribution in [3.63, 3.8) is 0 Å². The van der Waals surface area contributed by atoms with E-state index in [2.05, 4.69) is 31.2 Å². The van der Waals surface area contributed by atoms with Crippen molar-refractivity contribution in [1.29, 1.82) is 5.26 Å². The van der Waals surface area contributed by atoms with Gasteiger partial charge < -0.3 is 78.0 Å². The molecule has 4 bridgehead atoms. The molecule has 530 valence electrons. The minimum absolute atomic E-state index is 0.000407. The molecule has 41 heteroatoms. The first-order valence-corrected chi connectivity index (χ1v) is 29.4. The summed E-state index contributed by atoms with van der Waals surface area (Å²) in [6, 6.07) is 14.9. The summed E-state index contributed by atoms with van der Waals surface area (Å²) in [5.74, 6) is -11.5. The fourth-order valence-electron chi connectivity index (χ4n) is 7.23. The van der Waals surface area contributed by atoms with Crippen LogP contribution in [-0.2, 0) is 55.3 Å². The molecule has 4 aromatic rings. The number of halogens is 12. The molecule has 0 unspecified atom stereocenters. The number of amides is 5. The molecule has 5 rings (SSSR count). The first-order chi connectivity index (χ1) is 44.6. The quantitative estimate of drug-likeness (QED) is 0.0233. The zero-order valence-electron chi connectivity index (χ0n) is 50.5. The number of ether oxygens (including phenoxy) is 3. The number of methoxy groups -OCH3 is 1. The van der Waals surface area contributed by atoms with Gasteiger partial charge in [-0.25, -0.2) is 29.1 Å². The van der Waals surface area contributed by atoms with Crippen molar-refractivity contribution in [3.05, 3.63) is 94.8 Å². The van der Waals surface area contributed by atoms with Crippen molar-refractivity contribution in [2.75, 3.05) is 65.9 Å². The summed E-state index contributed by atoms with van der Waals surface area (Å²) >= 11 is 0. The smallest absolute Gasteiger partial charge is 0.490 e. The number of nitrogens with zero attached hydrogens (tertiary/aromatic N) is 4. The number of nitriles is 1. The molecule has 0 aliphatic carbocycles. The molecule has 0 saturated carbocycles. The minimum atomic E-state index is -5.08. The molecule has 96 heavy (non-hydrogen) atoms. The van der Waals surface area contributed by atoms with E-state index in [1.807, 2.05) is 30.3 Å². The molecule has 1 aliphatic heterocycles. The number of carboxylic acids is 4. The highest BCUT2D eigenvalue weighted by atomic mass is 33.1. The fourth-order valence-corrected chi connectivity index (χ4v) is 9.21. The number of rotatable bonds is 21. The van der Waals surface area contributed by atoms with Crippen molar-refractivity contribution in [1.82, 2.24) is 36.1 Å². The van der Waals surface area contributed by atoms with Gasteiger partial charge in [-0.05, 0) is 67.8 Å². The number of hydrogen-bond acceptors (Lipinski definition) is 20. The molecule has 14 N–H and O–H groups in total. The molecule has 0 saturated heterocycles. The number of aryl methyl sites for hydroxylation is 1. The van der Waals surface area contributed by atoms with Crippen LogP contribution in [-0.4, -0.2) is 197 Å². The molecule has 3 aromatic carbocycles. The molecule has 0 fully saturated rings. The summed E-state index contributed by atoms with van der Waals surface area (Å²) in [4.78, 5) is 116. The minimum Gasteiger partial charge on any atom is -0.492 e. The van der Waals surface area contributed by atoms with Gasteiger partial charge in [-0.1, -0.05) is 58.0 Å². The van der Waals surface area contributed by atoms with Crippen molar-refractivity contribution >= 4 is 75.0 Å². The van der Waals surface area contributed by atoms with Crippen LogP contribution in [0.3, 0.4) is 0 Å². The van der Waals surface area contributed by atoms with Gasteiger partial charge in [-0.15, -0.1) is 0 Å². The number of carbonyl (C=O) groups excluding carboxylic acids is 5. The summed E-state index contributed by atoms with van der Waals surface area (Å²) in [5, 5.41) is 48.4. The largest absolute Gasteiger partial charge is 0.492 e. The van der Waals surface area contributed by atoms with Crippen molar-refractivity contribution in [2.24, 2.45) is 17.2 Å². The molecule has 1 aliphatic rings. The maximum absolute atomic E-state index is 14.7. The van der Waals surface area contributed by atoms with Crippen LogP contribution in [0.1, 0.15) is 52.1 Å². The number of benzene rings is 3. The number of aliphatic carboxylic acids is 4. The van der Waals surface area contributed by atoms with E-state index in [-0.39, 0.29) is 57.8 Å². The number of carbonyl (C=O) groups is 9. The molecule has 2 heterocycles. The average Bonchev–Trinajstić information content (AvgIpc) is 0.784. The van der Waals surface area contributed by atoms with Gasteiger partial charge in [-0.2, -0.15) is 57.9 Å². The highest BCUT2D eigenvalue weighted by Crippen LogP contribution is 2.40. The summed E-state index contributed by atoms with van der Waals surface area (Å²) in [6.45, 7) is 4.15. The Morgan fingerprint density at radius 3 is 1.69 bits per heavy atom. The number of hydrogen-bond donors (Lipinski definition) is 11. The van der Waals surface area contributed by atoms with Gasteiger partial charge >= 0.3 is 48.6 Å². The Morgan fingerprint density at radius 1 is 0.729 bits per heavy atom. The molecule has 1 aromatic heterocycles. The maximum atomic E-state index is 14.7. The zero-order valence-corrected chi connectivity index (χ0v) is 52.1. The van der Waals surface area contributed by atoms with Crippen LogP contribution in [0, 0.1) is 18.3 Å². The van der Waals surface area contributed by atoms with Gasteiger partial charge in [-0.3, -0.25) is 24.0 Å². The molecule has 4 atom stereocenters. The maximum Gasteiger partial charge on any atom is 0.490 e. The van der Waals surface area contributed by atoms with Crippen LogP contribution in [0.4, 0.5) is 52.7 Å². The number of carboxylic acid groups (broad SMARTS) is 4. The third-order valence-electron chi connectivity index (χ3n) is 11.7. The summed E-state index contributed by atoms with van der Waals surface area (Å²) in [6.07, 6.45) is -18.9. The highest BCUT2D eigenvalue weighted by molar-refractivity contribution is 8.76. The number of likely N-dealkylation sites (N-methyl/N-ethyl adjacent to an activating group) is 1. The standard InChI is InChI=1S/C47H59N11O8S2.4C2HF3O2/c1-28-36(26-53-42(54-28)32-8-5-30(6-9-32)27-68-67-22-21-64-4)44(60)56-37(13-14-48)47(63)58(3)41-33-10-12-40(66-20-17-51)35(25-33)34-23-31(7-11-39(34)65-19-16-50)24-38(45(61)52-18-15-49)57-43(59)29(2)55-46(41)62;4*3-2(4,5)1(6)7/h5-12,23,25-26,29,37-38,41H,13-14,16-22,24,27,48,50-51H2,1-4H3,(H,52,61)(H,55,62)(H,56,60)(H,57,59);4*(H,6,7)/t29-,37-,38-,41-;;;;/m0..../s1. The van der Waals surface area contributed by atoms with E-state index in [1.54, 1.807) is 72.0 Å². The van der Waals surface area contributed by atoms with Crippen LogP contribution >= 0.6 is 21.6 Å². The summed E-state index contributed by atoms with van der Waals surface area (Å²) in [5.41, 5.74) is 22.0. The fraction of sp³-hybridized carbons (Fsp3) is 0.418. The van der Waals surface area contributed by atoms with Crippen LogP contribution in [0.5, 0.6) is 11.5 Å². The van der Waals surface area contributed by atoms with Crippen molar-refractivity contribution in [3.8, 4) is 40.1 Å². The second-order valence-corrected chi connectivity index (χ2v) is 21.4. The lowest BCUT2D eigenvalue weighted by atomic mass is 9.93. The zero-order chi connectivity index (χ0) is 73.5. The molecule has 0 radical (unpaired) electrons. The Hall–Kier alpha value is -9.24. The molecular weight excluding hydrogens is 1360 g/mol. The van der Waals surface area contributed by atoms with Crippen molar-refractivity contribution in [2.45, 2.75) is 81.3 Å². The predicted molar refractivity (Wildman–Crippen MR) is 316 cm³/mol. The Kier molecular flexibility index (Phi) is 35.5. The summed E-state index contributed by atoms with van der Waals surface area (Å²) in [7, 11) is 6.57. The lowest BCUT2D eigenvalue weighted by Gasteiger charge is -2.32. The van der Waals surface area contributed by atoms with E-state index >= 15 is 0 Å². The Labute approximate surface area is 544 Å². The lowest BCUT2D eigenvalue weighted by molar-refractivity contribution is -0.193. The molecule has 0 spiro atoms.